The summed E-state index contributed by atoms with van der Waals surface area (Å²) in [6.45, 7) is 0. The normalized spacial score (nSPS) is 15.2. The average Bonchev–Trinajstić information content (AvgIpc) is 3.24. The number of nitrogens with zero attached hydrogens (tertiary/aromatic N) is 2. The minimum absolute atomic E-state index is 0.115. The van der Waals surface area contributed by atoms with Crippen molar-refractivity contribution >= 4 is 7.82 Å². The van der Waals surface area contributed by atoms with Crippen molar-refractivity contribution < 1.29 is 326 Å². The van der Waals surface area contributed by atoms with E-state index in [1.165, 1.54) is 0 Å². The number of hydrogen-bond acceptors (Lipinski definition) is 39. The zero-order valence-electron chi connectivity index (χ0n) is 24.4. The fraction of sp³-hybridized carbons (Fsp3) is 0. The van der Waals surface area contributed by atoms with Crippen molar-refractivity contribution in [2.75, 3.05) is 0 Å². The number of hydrogen-bond donors (Lipinski definition) is 2. The fourth-order valence-electron chi connectivity index (χ4n) is 1.81. The summed E-state index contributed by atoms with van der Waals surface area (Å²) in [5, 5.41) is 0. The third-order valence-corrected chi connectivity index (χ3v) is 63.9. The summed E-state index contributed by atoms with van der Waals surface area (Å²) < 4.78 is 350. The van der Waals surface area contributed by atoms with Crippen LogP contribution in [-0.4, -0.2) is 17.2 Å². The van der Waals surface area contributed by atoms with Crippen LogP contribution in [-0.2, 0) is 315 Å². The molecule has 0 bridgehead atoms. The molecule has 0 fully saturated rings. The molecule has 1 aromatic rings. The summed E-state index contributed by atoms with van der Waals surface area (Å²) in [5.41, 5.74) is 0. The molecule has 344 valence electrons. The maximum absolute atomic E-state index is 12.9. The molecule has 2 N–H and O–H groups in total. The predicted octanol–water partition coefficient (Wildman–Crippen LogP) is -4.30. The third-order valence-electron chi connectivity index (χ3n) is 2.71. The summed E-state index contributed by atoms with van der Waals surface area (Å²) >= 11 is -97.6. The van der Waals surface area contributed by atoms with Crippen LogP contribution in [0.2, 0.25) is 0 Å². The first-order valence-corrected chi connectivity index (χ1v) is 51.3. The van der Waals surface area contributed by atoms with Gasteiger partial charge < -0.3 is 0 Å². The molecule has 0 spiro atoms. The van der Waals surface area contributed by atoms with Gasteiger partial charge in [-0.05, 0) is 0 Å². The molecule has 0 unspecified atom stereocenters. The Morgan fingerprint density at radius 3 is 0.862 bits per heavy atom. The molecule has 0 saturated heterocycles. The Bertz CT molecular complexity index is 3010. The Labute approximate surface area is 355 Å². The van der Waals surface area contributed by atoms with Gasteiger partial charge >= 0.3 is 362 Å². The van der Waals surface area contributed by atoms with E-state index < -0.39 is 209 Å². The van der Waals surface area contributed by atoms with Crippen LogP contribution in [0.25, 0.3) is 0 Å². The molecule has 0 radical (unpaired) electrons. The second-order valence-corrected chi connectivity index (χ2v) is 57.3. The number of rotatable bonds is 26. The van der Waals surface area contributed by atoms with Crippen molar-refractivity contribution in [1.29, 1.82) is 0 Å². The average molecular weight is 1890 g/mol. The summed E-state index contributed by atoms with van der Waals surface area (Å²) in [4.78, 5) is 3.23. The van der Waals surface area contributed by atoms with Gasteiger partial charge in [-0.15, -0.1) is 0 Å². The van der Waals surface area contributed by atoms with E-state index in [9.17, 15) is 86.1 Å². The van der Waals surface area contributed by atoms with Gasteiger partial charge in [-0.2, -0.15) is 0 Å². The van der Waals surface area contributed by atoms with Crippen LogP contribution in [0.4, 0.5) is 0 Å². The van der Waals surface area contributed by atoms with E-state index in [2.05, 4.69) is 36.4 Å². The van der Waals surface area contributed by atoms with Gasteiger partial charge in [0.05, 0.1) is 0 Å². The standard InChI is InChI=1S/C3H3N2O.12Mo.H3O4P.2H2O.33O/c6-5-2-1-4-3-5;;;;;;;;;;;;;1-5(2,3)4;;;;;;;;;;;;;;;;;;;;;;;;;;;;;;;;;;;/h1-3H;;;;;;;;;;;;;(H3,1,2,3,4);2*1H2;;;;;;;;;;;;;;;;;;;;;;;;;;;;;;;;;/q-1;;;;;;;6*+1;;;;;;;;;;;;;;;;;;;;;;;;;;;;;;;;;;;;/p-5. The van der Waals surface area contributed by atoms with Crippen LogP contribution < -0.4 is 3.49 Å². The number of imidazole rings is 1. The number of aromatic nitrogens is 2. The Morgan fingerprint density at radius 1 is 0.379 bits per heavy atom. The third kappa shape index (κ3) is 25.6. The van der Waals surface area contributed by atoms with E-state index in [1.807, 2.05) is 0 Å². The van der Waals surface area contributed by atoms with Crippen LogP contribution in [0, 0.1) is 0 Å². The van der Waals surface area contributed by atoms with Crippen molar-refractivity contribution in [3.8, 4) is 0 Å². The Morgan fingerprint density at radius 2 is 0.621 bits per heavy atom. The SMILES string of the molecule is O=P([O][Mo](=[O])(=[O])[O][Mo](=[O])(=[O])[O][Mo](=[O])(=[O])[O][Mo](=[O])(=[O])[OH])([O][Mo](=[O])(=[O])[O][Mo](=[O])(=[O])[O][Mo](=[O])(=[O])[O][Mo](=[O])(=[O])[OH])[O][Mo](=[O])(=[O])[O][Mo](=[O])(=[O])[O][Mo](=[O])(=[O])[O][Mo](=[O])(=[O])[O]n1ccnc1. The second-order valence-electron chi connectivity index (χ2n) is 7.22. The maximum atomic E-state index is 12.9. The topological polar surface area (TPSA) is 605 Å². The van der Waals surface area contributed by atoms with Gasteiger partial charge in [0.25, 0.3) is 0 Å². The monoisotopic (exact) mass is 1910 g/mol. The Kier molecular flexibility index (Phi) is 20.0. The van der Waals surface area contributed by atoms with Crippen LogP contribution in [0.15, 0.2) is 18.7 Å². The molecule has 55 heteroatoms. The van der Waals surface area contributed by atoms with Crippen LogP contribution in [0.3, 0.4) is 0 Å². The fourth-order valence-corrected chi connectivity index (χ4v) is 61.8. The van der Waals surface area contributed by atoms with Gasteiger partial charge in [-0.25, -0.2) is 0 Å². The minimum atomic E-state index is -8.84. The molecule has 42 nitrogen and oxygen atoms in total. The van der Waals surface area contributed by atoms with Gasteiger partial charge in [0, 0.05) is 0 Å². The van der Waals surface area contributed by atoms with Gasteiger partial charge in [-0.1, -0.05) is 0 Å². The van der Waals surface area contributed by atoms with Crippen LogP contribution >= 0.6 is 7.82 Å². The van der Waals surface area contributed by atoms with E-state index >= 15 is 0 Å². The molecule has 1 rings (SSSR count). The Balaban J connectivity index is 3.63. The van der Waals surface area contributed by atoms with E-state index in [0.717, 1.165) is 6.20 Å². The Hall–Kier alpha value is 2.14. The molecule has 0 aliphatic carbocycles. The van der Waals surface area contributed by atoms with Crippen molar-refractivity contribution in [2.45, 2.75) is 0 Å². The summed E-state index contributed by atoms with van der Waals surface area (Å²) in [6, 6.07) is 0. The van der Waals surface area contributed by atoms with E-state index in [1.54, 1.807) is 0 Å². The van der Waals surface area contributed by atoms with Crippen molar-refractivity contribution in [2.24, 2.45) is 0 Å². The van der Waals surface area contributed by atoms with Crippen molar-refractivity contribution in [1.82, 2.24) is 9.71 Å². The molecule has 0 aliphatic heterocycles. The van der Waals surface area contributed by atoms with Crippen molar-refractivity contribution in [3.05, 3.63) is 18.7 Å². The molecule has 0 aromatic carbocycles. The van der Waals surface area contributed by atoms with Crippen molar-refractivity contribution in [3.63, 3.8) is 0 Å². The predicted molar refractivity (Wildman–Crippen MR) is 60.3 cm³/mol. The summed E-state index contributed by atoms with van der Waals surface area (Å²) in [5.74, 6) is 0. The van der Waals surface area contributed by atoms with Crippen LogP contribution in [0.1, 0.15) is 0 Å². The number of phosphoric acid groups is 1. The first kappa shape index (κ1) is 58.2. The molecule has 58 heavy (non-hydrogen) atoms. The van der Waals surface area contributed by atoms with E-state index in [4.69, 9.17) is 7.52 Å². The first-order valence-electron chi connectivity index (χ1n) is 10.3. The molecule has 1 aromatic heterocycles. The molecule has 0 atom stereocenters. The van der Waals surface area contributed by atoms with Gasteiger partial charge in [-0.3, -0.25) is 0 Å². The summed E-state index contributed by atoms with van der Waals surface area (Å²) in [7, 11) is -7.93. The zero-order valence-corrected chi connectivity index (χ0v) is 49.4. The van der Waals surface area contributed by atoms with E-state index in [-0.39, 0.29) is 4.73 Å². The molecular formula is C3H5Mo12N2O40P. The zero-order chi connectivity index (χ0) is 46.1. The second kappa shape index (κ2) is 19.9. The molecular weight excluding hydrogens is 1890 g/mol. The van der Waals surface area contributed by atoms with E-state index in [0.29, 0.717) is 12.5 Å². The molecule has 0 amide bonds. The van der Waals surface area contributed by atoms with Gasteiger partial charge in [0.1, 0.15) is 0 Å². The first-order chi connectivity index (χ1) is 25.1. The van der Waals surface area contributed by atoms with Gasteiger partial charge in [0.15, 0.2) is 0 Å². The van der Waals surface area contributed by atoms with Gasteiger partial charge in [0.2, 0.25) is 0 Å². The summed E-state index contributed by atoms with van der Waals surface area (Å²) in [6.07, 6.45) is 2.00. The molecule has 1 heterocycles. The molecule has 0 saturated carbocycles. The molecule has 0 aliphatic rings. The quantitative estimate of drug-likeness (QED) is 0.0654. The van der Waals surface area contributed by atoms with Crippen LogP contribution in [0.5, 0.6) is 0 Å².